The Morgan fingerprint density at radius 2 is 1.82 bits per heavy atom. The molecule has 0 spiro atoms. The van der Waals surface area contributed by atoms with Crippen molar-refractivity contribution in [2.24, 2.45) is 0 Å². The molecule has 17 heavy (non-hydrogen) atoms. The highest BCUT2D eigenvalue weighted by atomic mass is 31.2. The van der Waals surface area contributed by atoms with Crippen molar-refractivity contribution in [3.8, 4) is 0 Å². The lowest BCUT2D eigenvalue weighted by Gasteiger charge is -2.32. The van der Waals surface area contributed by atoms with Crippen LogP contribution < -0.4 is 0 Å². The fraction of sp³-hybridized carbons (Fsp3) is 1.00. The van der Waals surface area contributed by atoms with Gasteiger partial charge in [0.15, 0.2) is 0 Å². The predicted molar refractivity (Wildman–Crippen MR) is 52.6 cm³/mol. The molecule has 0 aromatic carbocycles. The quantitative estimate of drug-likeness (QED) is 0.298. The summed E-state index contributed by atoms with van der Waals surface area (Å²) in [5, 5.41) is 18.4. The lowest BCUT2D eigenvalue weighted by Crippen LogP contribution is -2.47. The monoisotopic (exact) mass is 297 g/mol. The Morgan fingerprint density at radius 1 is 1.29 bits per heavy atom. The largest absolute Gasteiger partial charge is 0.470 e. The first kappa shape index (κ1) is 15.2. The Balaban J connectivity index is 4.87. The lowest BCUT2D eigenvalue weighted by atomic mass is 10.0. The molecule has 0 aliphatic carbocycles. The first-order valence-corrected chi connectivity index (χ1v) is 7.06. The van der Waals surface area contributed by atoms with Crippen LogP contribution in [0.25, 0.3) is 0 Å². The molecule has 2 atom stereocenters. The van der Waals surface area contributed by atoms with Gasteiger partial charge in [-0.15, -0.1) is 0 Å². The third kappa shape index (κ3) is 7.22. The predicted octanol–water partition coefficient (Wildman–Crippen LogP) is -1.68. The van der Waals surface area contributed by atoms with Gasteiger partial charge in [-0.05, 0) is 6.90 Å². The van der Waals surface area contributed by atoms with Crippen LogP contribution in [0.5, 0.6) is 0 Å². The van der Waals surface area contributed by atoms with E-state index in [2.05, 4.69) is 9.05 Å². The molecule has 0 heterocycles. The van der Waals surface area contributed by atoms with Crippen LogP contribution in [0.2, 0.25) is 0 Å². The van der Waals surface area contributed by atoms with Gasteiger partial charge >= 0.3 is 15.6 Å². The normalized spacial score (nSPS) is 19.5. The molecule has 0 bridgehead atoms. The Bertz CT molecular complexity index is 344. The van der Waals surface area contributed by atoms with Crippen molar-refractivity contribution in [3.63, 3.8) is 0 Å². The maximum absolute atomic E-state index is 10.6. The number of phosphoric acid groups is 2. The molecule has 104 valence electrons. The molecule has 0 unspecified atom stereocenters. The summed E-state index contributed by atoms with van der Waals surface area (Å²) in [5.74, 6) is 0. The van der Waals surface area contributed by atoms with Crippen LogP contribution in [0.15, 0.2) is 0 Å². The van der Waals surface area contributed by atoms with Gasteiger partial charge in [-0.25, -0.2) is 9.13 Å². The van der Waals surface area contributed by atoms with Crippen LogP contribution in [0.1, 0.15) is 8.27 Å². The second-order valence-electron chi connectivity index (χ2n) is 3.11. The van der Waals surface area contributed by atoms with Gasteiger partial charge in [-0.3, -0.25) is 9.05 Å². The van der Waals surface area contributed by atoms with Gasteiger partial charge in [-0.2, -0.15) is 0 Å². The molecular weight excluding hydrogens is 282 g/mol. The van der Waals surface area contributed by atoms with Crippen LogP contribution in [0, 0.1) is 0 Å². The molecular formula is C5H14O10P2. The van der Waals surface area contributed by atoms with Gasteiger partial charge in [0.2, 0.25) is 0 Å². The number of hydrogen-bond acceptors (Lipinski definition) is 6. The van der Waals surface area contributed by atoms with Crippen LogP contribution in [0.4, 0.5) is 0 Å². The van der Waals surface area contributed by atoms with Crippen molar-refractivity contribution in [2.75, 3.05) is 13.2 Å². The minimum Gasteiger partial charge on any atom is -0.393 e. The smallest absolute Gasteiger partial charge is 0.393 e. The van der Waals surface area contributed by atoms with E-state index in [1.165, 1.54) is 0 Å². The van der Waals surface area contributed by atoms with Crippen molar-refractivity contribution in [2.45, 2.75) is 18.6 Å². The Hall–Kier alpha value is 0.140. The number of rotatable bonds is 7. The third-order valence-electron chi connectivity index (χ3n) is 1.58. The van der Waals surface area contributed by atoms with Crippen molar-refractivity contribution in [1.82, 2.24) is 0 Å². The highest BCUT2D eigenvalue weighted by Crippen LogP contribution is 2.43. The fourth-order valence-electron chi connectivity index (χ4n) is 0.751. The standard InChI is InChI=1S/C5H14O10P2/c1-5(3-6,15-17(11,12)13)4(7)2-14-16(8,9)10/h4,6-7H,2-3H2,1H3,(H2,8,9,10)(H2,11,12,13)/t4-,5+/m1/s1/i1D. The summed E-state index contributed by atoms with van der Waals surface area (Å²) in [4.78, 5) is 33.9. The minimum atomic E-state index is -5.13. The maximum Gasteiger partial charge on any atom is 0.470 e. The molecule has 0 rings (SSSR count). The van der Waals surface area contributed by atoms with Gasteiger partial charge in [0.1, 0.15) is 11.7 Å². The maximum atomic E-state index is 10.6. The summed E-state index contributed by atoms with van der Waals surface area (Å²) in [6.07, 6.45) is -2.03. The number of phosphoric ester groups is 2. The molecule has 12 heteroatoms. The number of aliphatic hydroxyl groups is 2. The van der Waals surface area contributed by atoms with Crippen LogP contribution in [0.3, 0.4) is 0 Å². The molecule has 0 aliphatic heterocycles. The van der Waals surface area contributed by atoms with E-state index in [1.54, 1.807) is 0 Å². The Labute approximate surface area is 97.7 Å². The summed E-state index contributed by atoms with van der Waals surface area (Å²) < 4.78 is 36.0. The van der Waals surface area contributed by atoms with Gasteiger partial charge in [0.25, 0.3) is 0 Å². The molecule has 0 aromatic rings. The molecule has 6 N–H and O–H groups in total. The van der Waals surface area contributed by atoms with Crippen molar-refractivity contribution in [3.05, 3.63) is 0 Å². The van der Waals surface area contributed by atoms with Gasteiger partial charge in [0, 0.05) is 1.37 Å². The Morgan fingerprint density at radius 3 is 2.12 bits per heavy atom. The number of hydrogen-bond donors (Lipinski definition) is 6. The summed E-state index contributed by atoms with van der Waals surface area (Å²) in [5.41, 5.74) is -2.41. The molecule has 0 saturated heterocycles. The summed E-state index contributed by atoms with van der Waals surface area (Å²) in [7, 11) is -10.0. The molecule has 0 amide bonds. The molecule has 10 nitrogen and oxygen atoms in total. The van der Waals surface area contributed by atoms with E-state index in [4.69, 9.17) is 26.1 Å². The van der Waals surface area contributed by atoms with E-state index in [0.717, 1.165) is 0 Å². The molecule has 0 radical (unpaired) electrons. The zero-order valence-electron chi connectivity index (χ0n) is 9.41. The van der Waals surface area contributed by atoms with Crippen molar-refractivity contribution >= 4 is 15.6 Å². The minimum absolute atomic E-state index is 0.972. The average molecular weight is 297 g/mol. The van der Waals surface area contributed by atoms with Crippen LogP contribution in [-0.4, -0.2) is 54.7 Å². The van der Waals surface area contributed by atoms with Crippen LogP contribution in [-0.2, 0) is 18.2 Å². The second-order valence-corrected chi connectivity index (χ2v) is 5.51. The van der Waals surface area contributed by atoms with E-state index < -0.39 is 47.5 Å². The van der Waals surface area contributed by atoms with E-state index >= 15 is 0 Å². The van der Waals surface area contributed by atoms with Gasteiger partial charge < -0.3 is 29.8 Å². The van der Waals surface area contributed by atoms with Crippen molar-refractivity contribution < 1.29 is 49.3 Å². The fourth-order valence-corrected chi connectivity index (χ4v) is 1.74. The summed E-state index contributed by atoms with van der Waals surface area (Å²) in [6.45, 7) is -3.21. The topological polar surface area (TPSA) is 174 Å². The van der Waals surface area contributed by atoms with Gasteiger partial charge in [0.05, 0.1) is 13.2 Å². The highest BCUT2D eigenvalue weighted by Gasteiger charge is 2.40. The third-order valence-corrected chi connectivity index (χ3v) is 2.66. The first-order valence-electron chi connectivity index (χ1n) is 4.71. The van der Waals surface area contributed by atoms with E-state index in [9.17, 15) is 14.2 Å². The first-order chi connectivity index (χ1) is 7.96. The van der Waals surface area contributed by atoms with E-state index in [-0.39, 0.29) is 0 Å². The second kappa shape index (κ2) is 5.85. The zero-order chi connectivity index (χ0) is 14.6. The lowest BCUT2D eigenvalue weighted by molar-refractivity contribution is -0.101. The molecule has 0 aromatic heterocycles. The highest BCUT2D eigenvalue weighted by molar-refractivity contribution is 7.46. The van der Waals surface area contributed by atoms with Gasteiger partial charge in [-0.1, -0.05) is 0 Å². The zero-order valence-corrected chi connectivity index (χ0v) is 10.2. The van der Waals surface area contributed by atoms with Crippen molar-refractivity contribution in [1.29, 1.82) is 0 Å². The Kier molecular flexibility index (Phi) is 5.23. The molecule has 0 saturated carbocycles. The summed E-state index contributed by atoms with van der Waals surface area (Å²) in [6, 6.07) is 0. The number of aliphatic hydroxyl groups excluding tert-OH is 2. The van der Waals surface area contributed by atoms with E-state index in [1.807, 2.05) is 0 Å². The van der Waals surface area contributed by atoms with Crippen LogP contribution >= 0.6 is 15.6 Å². The average Bonchev–Trinajstić information content (AvgIpc) is 2.20. The molecule has 0 aliphatic rings. The molecule has 0 fully saturated rings. The summed E-state index contributed by atoms with van der Waals surface area (Å²) >= 11 is 0. The van der Waals surface area contributed by atoms with E-state index in [0.29, 0.717) is 0 Å². The SMILES string of the molecule is [2H]C[C@@](CO)(OP(=O)(O)O)[C@H](O)COP(=O)(O)O.